The molecule has 122 valence electrons. The van der Waals surface area contributed by atoms with Crippen molar-refractivity contribution in [3.8, 4) is 0 Å². The number of hydrogen-bond acceptors (Lipinski definition) is 4. The monoisotopic (exact) mass is 323 g/mol. The van der Waals surface area contributed by atoms with Gasteiger partial charge in [-0.05, 0) is 64.6 Å². The molecule has 3 rings (SSSR count). The number of carbonyl (C=O) groups is 2. The molecular formula is C16H25N3O2S. The van der Waals surface area contributed by atoms with Crippen molar-refractivity contribution in [2.45, 2.75) is 55.4 Å². The molecule has 2 N–H and O–H groups in total. The zero-order chi connectivity index (χ0) is 16.0. The molecule has 6 heteroatoms. The van der Waals surface area contributed by atoms with E-state index in [-0.39, 0.29) is 28.5 Å². The van der Waals surface area contributed by atoms with Crippen molar-refractivity contribution < 1.29 is 9.59 Å². The number of likely N-dealkylation sites (tertiary alicyclic amines) is 1. The maximum absolute atomic E-state index is 12.6. The molecule has 0 spiro atoms. The Bertz CT molecular complexity index is 506. The van der Waals surface area contributed by atoms with Crippen LogP contribution >= 0.6 is 11.9 Å². The van der Waals surface area contributed by atoms with Gasteiger partial charge in [-0.25, -0.2) is 0 Å². The molecule has 2 unspecified atom stereocenters. The fourth-order valence-corrected chi connectivity index (χ4v) is 3.94. The summed E-state index contributed by atoms with van der Waals surface area (Å²) in [4.78, 5) is 27.2. The Morgan fingerprint density at radius 2 is 2.14 bits per heavy atom. The third-order valence-electron chi connectivity index (χ3n) is 5.22. The molecule has 3 fully saturated rings. The fourth-order valence-electron chi connectivity index (χ4n) is 3.12. The molecule has 5 nitrogen and oxygen atoms in total. The number of carbonyl (C=O) groups excluding carboxylic acids is 2. The van der Waals surface area contributed by atoms with Crippen molar-refractivity contribution >= 4 is 23.8 Å². The molecule has 2 amide bonds. The lowest BCUT2D eigenvalue weighted by Crippen LogP contribution is -2.53. The predicted octanol–water partition coefficient (Wildman–Crippen LogP) is 1.46. The van der Waals surface area contributed by atoms with Crippen molar-refractivity contribution in [3.63, 3.8) is 0 Å². The van der Waals surface area contributed by atoms with Gasteiger partial charge in [0.2, 0.25) is 5.91 Å². The SMILES string of the molecule is C=CC1C[C@]1(NC(=O)C1CCCN1C)C(=O)NSC1(C)CC1. The van der Waals surface area contributed by atoms with Crippen LogP contribution in [0.1, 0.15) is 39.0 Å². The van der Waals surface area contributed by atoms with Gasteiger partial charge < -0.3 is 5.32 Å². The normalized spacial score (nSPS) is 35.7. The summed E-state index contributed by atoms with van der Waals surface area (Å²) < 4.78 is 3.15. The highest BCUT2D eigenvalue weighted by atomic mass is 32.2. The topological polar surface area (TPSA) is 61.4 Å². The summed E-state index contributed by atoms with van der Waals surface area (Å²) in [6, 6.07) is -0.107. The summed E-state index contributed by atoms with van der Waals surface area (Å²) in [5, 5.41) is 3.02. The first kappa shape index (κ1) is 15.9. The van der Waals surface area contributed by atoms with Crippen LogP contribution in [0.15, 0.2) is 12.7 Å². The van der Waals surface area contributed by atoms with Crippen molar-refractivity contribution in [2.75, 3.05) is 13.6 Å². The van der Waals surface area contributed by atoms with E-state index in [0.29, 0.717) is 6.42 Å². The maximum atomic E-state index is 12.6. The largest absolute Gasteiger partial charge is 0.340 e. The molecule has 0 bridgehead atoms. The van der Waals surface area contributed by atoms with E-state index in [1.165, 1.54) is 11.9 Å². The van der Waals surface area contributed by atoms with E-state index in [2.05, 4.69) is 28.4 Å². The standard InChI is InChI=1S/C16H25N3O2S/c1-4-11-10-16(11,14(21)18-22-15(2)7-8-15)17-13(20)12-6-5-9-19(12)3/h4,11-12H,1,5-10H2,2-3H3,(H,17,20)(H,18,21)/t11?,12?,16-/m1/s1. The quantitative estimate of drug-likeness (QED) is 0.574. The van der Waals surface area contributed by atoms with E-state index in [4.69, 9.17) is 0 Å². The van der Waals surface area contributed by atoms with Crippen molar-refractivity contribution in [1.29, 1.82) is 0 Å². The highest BCUT2D eigenvalue weighted by Gasteiger charge is 2.60. The van der Waals surface area contributed by atoms with Gasteiger partial charge in [0.25, 0.3) is 5.91 Å². The molecule has 2 saturated carbocycles. The van der Waals surface area contributed by atoms with Gasteiger partial charge in [0.1, 0.15) is 5.54 Å². The Morgan fingerprint density at radius 3 is 2.64 bits per heavy atom. The predicted molar refractivity (Wildman–Crippen MR) is 88.2 cm³/mol. The first-order valence-corrected chi connectivity index (χ1v) is 8.85. The fraction of sp³-hybridized carbons (Fsp3) is 0.750. The Labute approximate surface area is 136 Å². The van der Waals surface area contributed by atoms with Crippen LogP contribution < -0.4 is 10.0 Å². The lowest BCUT2D eigenvalue weighted by atomic mass is 10.1. The molecule has 0 aromatic carbocycles. The number of rotatable bonds is 6. The minimum absolute atomic E-state index is 0.0258. The van der Waals surface area contributed by atoms with E-state index >= 15 is 0 Å². The number of likely N-dealkylation sites (N-methyl/N-ethyl adjacent to an activating group) is 1. The number of amides is 2. The molecule has 1 heterocycles. The Balaban J connectivity index is 1.62. The molecule has 0 aromatic rings. The second-order valence-electron chi connectivity index (χ2n) is 7.13. The molecule has 1 aliphatic heterocycles. The molecule has 3 atom stereocenters. The molecule has 0 aromatic heterocycles. The Morgan fingerprint density at radius 1 is 1.41 bits per heavy atom. The first-order chi connectivity index (χ1) is 10.4. The summed E-state index contributed by atoms with van der Waals surface area (Å²) in [7, 11) is 1.96. The van der Waals surface area contributed by atoms with Crippen molar-refractivity contribution in [2.24, 2.45) is 5.92 Å². The van der Waals surface area contributed by atoms with E-state index in [1.807, 2.05) is 7.05 Å². The van der Waals surface area contributed by atoms with Crippen molar-refractivity contribution in [1.82, 2.24) is 14.9 Å². The van der Waals surface area contributed by atoms with E-state index in [0.717, 1.165) is 32.2 Å². The highest BCUT2D eigenvalue weighted by Crippen LogP contribution is 2.49. The third-order valence-corrected chi connectivity index (χ3v) is 6.41. The minimum Gasteiger partial charge on any atom is -0.340 e. The second kappa shape index (κ2) is 5.57. The zero-order valence-electron chi connectivity index (χ0n) is 13.4. The van der Waals surface area contributed by atoms with Crippen LogP contribution in [0.4, 0.5) is 0 Å². The van der Waals surface area contributed by atoms with Gasteiger partial charge in [0.15, 0.2) is 0 Å². The lowest BCUT2D eigenvalue weighted by Gasteiger charge is -2.24. The summed E-state index contributed by atoms with van der Waals surface area (Å²) in [5.74, 6) is -0.0672. The number of hydrogen-bond donors (Lipinski definition) is 2. The maximum Gasteiger partial charge on any atom is 0.256 e. The molecule has 1 saturated heterocycles. The van der Waals surface area contributed by atoms with Crippen LogP contribution in [0.2, 0.25) is 0 Å². The Kier molecular flexibility index (Phi) is 4.01. The smallest absolute Gasteiger partial charge is 0.256 e. The van der Waals surface area contributed by atoms with Gasteiger partial charge in [-0.15, -0.1) is 6.58 Å². The molecule has 0 radical (unpaired) electrons. The van der Waals surface area contributed by atoms with Gasteiger partial charge in [-0.2, -0.15) is 0 Å². The number of nitrogens with one attached hydrogen (secondary N) is 2. The van der Waals surface area contributed by atoms with Crippen LogP contribution in [0.5, 0.6) is 0 Å². The van der Waals surface area contributed by atoms with Crippen LogP contribution in [0, 0.1) is 5.92 Å². The summed E-state index contributed by atoms with van der Waals surface area (Å²) in [6.45, 7) is 6.88. The van der Waals surface area contributed by atoms with Gasteiger partial charge in [-0.3, -0.25) is 19.2 Å². The molecule has 3 aliphatic rings. The Hall–Kier alpha value is -1.01. The first-order valence-electron chi connectivity index (χ1n) is 8.03. The average molecular weight is 323 g/mol. The summed E-state index contributed by atoms with van der Waals surface area (Å²) in [6.07, 6.45) is 6.60. The van der Waals surface area contributed by atoms with Crippen molar-refractivity contribution in [3.05, 3.63) is 12.7 Å². The van der Waals surface area contributed by atoms with E-state index < -0.39 is 5.54 Å². The zero-order valence-corrected chi connectivity index (χ0v) is 14.2. The summed E-state index contributed by atoms with van der Waals surface area (Å²) >= 11 is 1.50. The van der Waals surface area contributed by atoms with Gasteiger partial charge in [0.05, 0.1) is 6.04 Å². The molecule has 22 heavy (non-hydrogen) atoms. The highest BCUT2D eigenvalue weighted by molar-refractivity contribution is 7.99. The average Bonchev–Trinajstić information content (AvgIpc) is 3.35. The van der Waals surface area contributed by atoms with E-state index in [1.54, 1.807) is 6.08 Å². The minimum atomic E-state index is -0.777. The third kappa shape index (κ3) is 2.91. The van der Waals surface area contributed by atoms with Crippen LogP contribution in [0.3, 0.4) is 0 Å². The number of nitrogens with zero attached hydrogens (tertiary/aromatic N) is 1. The second-order valence-corrected chi connectivity index (χ2v) is 8.52. The van der Waals surface area contributed by atoms with Crippen LogP contribution in [0.25, 0.3) is 0 Å². The van der Waals surface area contributed by atoms with Gasteiger partial charge in [0, 0.05) is 10.7 Å². The van der Waals surface area contributed by atoms with Gasteiger partial charge in [-0.1, -0.05) is 6.08 Å². The van der Waals surface area contributed by atoms with Gasteiger partial charge >= 0.3 is 0 Å². The lowest BCUT2D eigenvalue weighted by molar-refractivity contribution is -0.131. The molecular weight excluding hydrogens is 298 g/mol. The molecule has 2 aliphatic carbocycles. The summed E-state index contributed by atoms with van der Waals surface area (Å²) in [5.41, 5.74) is -0.777. The van der Waals surface area contributed by atoms with Crippen LogP contribution in [-0.2, 0) is 9.59 Å². The van der Waals surface area contributed by atoms with E-state index in [9.17, 15) is 9.59 Å². The van der Waals surface area contributed by atoms with Crippen LogP contribution in [-0.4, -0.2) is 46.6 Å².